The molecule has 41 heavy (non-hydrogen) atoms. The van der Waals surface area contributed by atoms with E-state index in [1.807, 2.05) is 23.2 Å². The van der Waals surface area contributed by atoms with Gasteiger partial charge >= 0.3 is 6.03 Å². The molecule has 0 saturated carbocycles. The van der Waals surface area contributed by atoms with Gasteiger partial charge in [0.15, 0.2) is 11.7 Å². The van der Waals surface area contributed by atoms with Gasteiger partial charge in [-0.25, -0.2) is 9.79 Å². The number of rotatable bonds is 6. The van der Waals surface area contributed by atoms with Crippen molar-refractivity contribution in [1.29, 1.82) is 5.41 Å². The van der Waals surface area contributed by atoms with Crippen LogP contribution in [-0.2, 0) is 4.74 Å². The number of ether oxygens (including phenoxy) is 1. The van der Waals surface area contributed by atoms with Crippen molar-refractivity contribution >= 4 is 47.6 Å². The second-order valence-electron chi connectivity index (χ2n) is 10.3. The molecule has 10 nitrogen and oxygen atoms in total. The van der Waals surface area contributed by atoms with Crippen molar-refractivity contribution in [2.75, 3.05) is 50.0 Å². The van der Waals surface area contributed by atoms with E-state index in [4.69, 9.17) is 22.8 Å². The molecule has 3 aromatic rings. The average Bonchev–Trinajstić information content (AvgIpc) is 3.67. The minimum absolute atomic E-state index is 0.0228. The monoisotopic (exact) mass is 573 g/mol. The Morgan fingerprint density at radius 2 is 1.61 bits per heavy atom. The van der Waals surface area contributed by atoms with E-state index in [2.05, 4.69) is 32.4 Å². The molecule has 5 rings (SSSR count). The Kier molecular flexibility index (Phi) is 8.75. The average molecular weight is 574 g/mol. The first-order valence-electron chi connectivity index (χ1n) is 13.8. The van der Waals surface area contributed by atoms with Crippen LogP contribution in [0, 0.1) is 5.41 Å². The highest BCUT2D eigenvalue weighted by Gasteiger charge is 2.35. The molecule has 0 aliphatic carbocycles. The number of aromatic amines is 1. The zero-order valence-electron chi connectivity index (χ0n) is 23.0. The van der Waals surface area contributed by atoms with Gasteiger partial charge in [-0.1, -0.05) is 6.92 Å². The molecule has 3 heterocycles. The SMILES string of the molecule is CC[C@@]1(S)CCN(C(=O)c2ccc(NC(=O)Nc3ccc(C(=N)/N=C(\c4ccc[nH]4)N4CCOCC4)cc3)cc2)C1. The van der Waals surface area contributed by atoms with Crippen molar-refractivity contribution in [3.63, 3.8) is 0 Å². The number of nitrogens with zero attached hydrogens (tertiary/aromatic N) is 3. The summed E-state index contributed by atoms with van der Waals surface area (Å²) in [6.07, 6.45) is 3.64. The van der Waals surface area contributed by atoms with E-state index in [0.717, 1.165) is 18.5 Å². The lowest BCUT2D eigenvalue weighted by atomic mass is 10.1. The fourth-order valence-electron chi connectivity index (χ4n) is 4.92. The molecule has 2 aliphatic rings. The molecule has 0 radical (unpaired) electrons. The van der Waals surface area contributed by atoms with Gasteiger partial charge < -0.3 is 30.2 Å². The van der Waals surface area contributed by atoms with E-state index >= 15 is 0 Å². The smallest absolute Gasteiger partial charge is 0.323 e. The number of carbonyl (C=O) groups excluding carboxylic acids is 2. The third kappa shape index (κ3) is 6.98. The lowest BCUT2D eigenvalue weighted by Crippen LogP contribution is -2.41. The number of amidine groups is 2. The predicted molar refractivity (Wildman–Crippen MR) is 165 cm³/mol. The number of nitrogens with one attached hydrogen (secondary N) is 4. The fraction of sp³-hybridized carbons (Fsp3) is 0.333. The maximum atomic E-state index is 12.9. The van der Waals surface area contributed by atoms with Gasteiger partial charge in [-0.3, -0.25) is 10.2 Å². The van der Waals surface area contributed by atoms with Crippen LogP contribution in [0.3, 0.4) is 0 Å². The van der Waals surface area contributed by atoms with Crippen LogP contribution in [0.2, 0.25) is 0 Å². The first-order valence-corrected chi connectivity index (χ1v) is 14.2. The summed E-state index contributed by atoms with van der Waals surface area (Å²) in [6, 6.07) is 17.3. The Hall–Kier alpha value is -4.09. The summed E-state index contributed by atoms with van der Waals surface area (Å²) < 4.78 is 5.35. The highest BCUT2D eigenvalue weighted by atomic mass is 32.1. The van der Waals surface area contributed by atoms with E-state index in [9.17, 15) is 9.59 Å². The molecule has 11 heteroatoms. The molecule has 3 amide bonds. The maximum Gasteiger partial charge on any atom is 0.323 e. The van der Waals surface area contributed by atoms with Crippen LogP contribution in [0.25, 0.3) is 0 Å². The number of likely N-dealkylation sites (tertiary alicyclic amines) is 1. The van der Waals surface area contributed by atoms with Gasteiger partial charge in [0, 0.05) is 59.6 Å². The van der Waals surface area contributed by atoms with Crippen LogP contribution < -0.4 is 10.6 Å². The highest BCUT2D eigenvalue weighted by Crippen LogP contribution is 2.31. The Labute approximate surface area is 245 Å². The quantitative estimate of drug-likeness (QED) is 0.167. The fourth-order valence-corrected chi connectivity index (χ4v) is 5.19. The molecule has 2 fully saturated rings. The summed E-state index contributed by atoms with van der Waals surface area (Å²) >= 11 is 4.73. The van der Waals surface area contributed by atoms with Crippen molar-refractivity contribution in [3.8, 4) is 0 Å². The number of anilines is 2. The largest absolute Gasteiger partial charge is 0.378 e. The molecule has 2 aromatic carbocycles. The second-order valence-corrected chi connectivity index (χ2v) is 11.2. The van der Waals surface area contributed by atoms with Gasteiger partial charge in [-0.05, 0) is 73.5 Å². The van der Waals surface area contributed by atoms with Gasteiger partial charge in [-0.2, -0.15) is 12.6 Å². The van der Waals surface area contributed by atoms with Gasteiger partial charge in [0.25, 0.3) is 5.91 Å². The topological polar surface area (TPSA) is 126 Å². The zero-order valence-corrected chi connectivity index (χ0v) is 23.9. The van der Waals surface area contributed by atoms with E-state index in [-0.39, 0.29) is 16.5 Å². The molecular weight excluding hydrogens is 538 g/mol. The third-order valence-electron chi connectivity index (χ3n) is 7.45. The standard InChI is InChI=1S/C30H35N7O3S/c1-2-30(41)13-15-37(20-30)28(38)22-7-11-24(12-8-22)34-29(39)33-23-9-5-21(6-10-23)26(31)35-27(25-4-3-14-32-25)36-16-18-40-19-17-36/h3-12,14,31-32,41H,2,13,15-20H2,1H3,(H2,33,34,39)/b31-26?,35-27+/t30-/m1/s1. The summed E-state index contributed by atoms with van der Waals surface area (Å²) in [6.45, 7) is 6.07. The summed E-state index contributed by atoms with van der Waals surface area (Å²) in [5.41, 5.74) is 3.20. The first kappa shape index (κ1) is 28.4. The molecule has 4 N–H and O–H groups in total. The summed E-state index contributed by atoms with van der Waals surface area (Å²) in [5.74, 6) is 0.801. The second kappa shape index (κ2) is 12.6. The van der Waals surface area contributed by atoms with Crippen LogP contribution in [0.4, 0.5) is 16.2 Å². The van der Waals surface area contributed by atoms with E-state index in [1.54, 1.807) is 48.5 Å². The van der Waals surface area contributed by atoms with Crippen LogP contribution in [0.1, 0.15) is 41.4 Å². The molecule has 2 aliphatic heterocycles. The molecule has 1 atom stereocenters. The Bertz CT molecular complexity index is 1400. The third-order valence-corrected chi connectivity index (χ3v) is 8.13. The summed E-state index contributed by atoms with van der Waals surface area (Å²) in [7, 11) is 0. The number of morpholine rings is 1. The number of hydrogen-bond donors (Lipinski definition) is 5. The van der Waals surface area contributed by atoms with E-state index < -0.39 is 6.03 Å². The van der Waals surface area contributed by atoms with Crippen LogP contribution in [0.5, 0.6) is 0 Å². The number of hydrogen-bond acceptors (Lipinski definition) is 5. The minimum Gasteiger partial charge on any atom is -0.378 e. The van der Waals surface area contributed by atoms with Crippen molar-refractivity contribution in [2.24, 2.45) is 4.99 Å². The van der Waals surface area contributed by atoms with Crippen LogP contribution in [0.15, 0.2) is 71.9 Å². The summed E-state index contributed by atoms with van der Waals surface area (Å²) in [5, 5.41) is 14.2. The van der Waals surface area contributed by atoms with Crippen LogP contribution in [-0.4, -0.2) is 82.5 Å². The van der Waals surface area contributed by atoms with E-state index in [0.29, 0.717) is 67.7 Å². The van der Waals surface area contributed by atoms with Gasteiger partial charge in [0.2, 0.25) is 0 Å². The van der Waals surface area contributed by atoms with Gasteiger partial charge in [0.1, 0.15) is 0 Å². The van der Waals surface area contributed by atoms with Crippen molar-refractivity contribution in [1.82, 2.24) is 14.8 Å². The predicted octanol–water partition coefficient (Wildman–Crippen LogP) is 4.69. The number of benzene rings is 2. The number of thiol groups is 1. The Balaban J connectivity index is 1.17. The van der Waals surface area contributed by atoms with E-state index in [1.165, 1.54) is 0 Å². The molecule has 0 unspecified atom stereocenters. The zero-order chi connectivity index (χ0) is 28.8. The Morgan fingerprint density at radius 1 is 0.976 bits per heavy atom. The van der Waals surface area contributed by atoms with Crippen molar-refractivity contribution in [2.45, 2.75) is 24.5 Å². The maximum absolute atomic E-state index is 12.9. The highest BCUT2D eigenvalue weighted by molar-refractivity contribution is 7.81. The first-order chi connectivity index (χ1) is 19.8. The number of aliphatic imine (C=N–C) groups is 1. The normalized spacial score (nSPS) is 19.2. The van der Waals surface area contributed by atoms with Gasteiger partial charge in [-0.15, -0.1) is 0 Å². The number of urea groups is 1. The lowest BCUT2D eigenvalue weighted by Gasteiger charge is -2.29. The van der Waals surface area contributed by atoms with Crippen molar-refractivity contribution < 1.29 is 14.3 Å². The number of carbonyl (C=O) groups is 2. The van der Waals surface area contributed by atoms with Gasteiger partial charge in [0.05, 0.1) is 18.9 Å². The van der Waals surface area contributed by atoms with Crippen molar-refractivity contribution in [3.05, 3.63) is 83.7 Å². The number of aromatic nitrogens is 1. The molecule has 0 spiro atoms. The number of amides is 3. The molecule has 0 bridgehead atoms. The lowest BCUT2D eigenvalue weighted by molar-refractivity contribution is 0.0682. The molecule has 1 aromatic heterocycles. The van der Waals surface area contributed by atoms with Crippen LogP contribution >= 0.6 is 12.6 Å². The molecule has 2 saturated heterocycles. The summed E-state index contributed by atoms with van der Waals surface area (Å²) in [4.78, 5) is 37.2. The Morgan fingerprint density at radius 3 is 2.17 bits per heavy atom. The molecule has 214 valence electrons. The minimum atomic E-state index is -0.409. The molecular formula is C30H35N7O3S. The number of H-pyrrole nitrogens is 1.